The standard InChI is InChI=1S/C21H17F2N5O/c22-15-9-16(23)11-18(10-15)28-21(29)27-17-3-1-2-14(8-17)20(25)19(12-24)13-4-6-26-7-5-13/h1-12,24H,25H2,(H2,27,28,29). The fourth-order valence-corrected chi connectivity index (χ4v) is 2.69. The van der Waals surface area contributed by atoms with Crippen LogP contribution in [0.2, 0.25) is 0 Å². The SMILES string of the molecule is N=CC(=C(N)c1cccc(NC(=O)Nc2cc(F)cc(F)c2)c1)c1ccncc1. The van der Waals surface area contributed by atoms with Crippen LogP contribution in [0.5, 0.6) is 0 Å². The Labute approximate surface area is 165 Å². The van der Waals surface area contributed by atoms with Gasteiger partial charge in [-0.25, -0.2) is 13.6 Å². The molecule has 0 aliphatic rings. The van der Waals surface area contributed by atoms with Crippen molar-refractivity contribution in [3.05, 3.63) is 89.8 Å². The number of pyridine rings is 1. The van der Waals surface area contributed by atoms with Gasteiger partial charge in [-0.3, -0.25) is 4.98 Å². The van der Waals surface area contributed by atoms with Gasteiger partial charge in [0.1, 0.15) is 11.6 Å². The highest BCUT2D eigenvalue weighted by atomic mass is 19.1. The molecular formula is C21H17F2N5O. The van der Waals surface area contributed by atoms with E-state index in [2.05, 4.69) is 15.6 Å². The number of anilines is 2. The number of allylic oxidation sites excluding steroid dienone is 1. The van der Waals surface area contributed by atoms with Gasteiger partial charge in [0, 0.05) is 52.9 Å². The highest BCUT2D eigenvalue weighted by molar-refractivity contribution is 6.17. The minimum absolute atomic E-state index is 0.0145. The number of benzene rings is 2. The summed E-state index contributed by atoms with van der Waals surface area (Å²) < 4.78 is 26.5. The van der Waals surface area contributed by atoms with Gasteiger partial charge in [-0.1, -0.05) is 12.1 Å². The van der Waals surface area contributed by atoms with Gasteiger partial charge in [-0.15, -0.1) is 0 Å². The summed E-state index contributed by atoms with van der Waals surface area (Å²) in [4.78, 5) is 16.1. The Morgan fingerprint density at radius 1 is 0.931 bits per heavy atom. The number of rotatable bonds is 5. The highest BCUT2D eigenvalue weighted by Gasteiger charge is 2.09. The number of carbonyl (C=O) groups excluding carboxylic acids is 1. The number of aromatic nitrogens is 1. The Hall–Kier alpha value is -4.07. The molecule has 0 spiro atoms. The molecule has 0 aliphatic heterocycles. The largest absolute Gasteiger partial charge is 0.398 e. The lowest BCUT2D eigenvalue weighted by Gasteiger charge is -2.11. The molecule has 8 heteroatoms. The Morgan fingerprint density at radius 3 is 2.24 bits per heavy atom. The van der Waals surface area contributed by atoms with Crippen LogP contribution in [0.15, 0.2) is 67.0 Å². The van der Waals surface area contributed by atoms with Crippen LogP contribution < -0.4 is 16.4 Å². The second-order valence-electron chi connectivity index (χ2n) is 6.03. The monoisotopic (exact) mass is 393 g/mol. The highest BCUT2D eigenvalue weighted by Crippen LogP contribution is 2.23. The van der Waals surface area contributed by atoms with Gasteiger partial charge in [0.25, 0.3) is 0 Å². The van der Waals surface area contributed by atoms with E-state index in [1.807, 2.05) is 0 Å². The van der Waals surface area contributed by atoms with Gasteiger partial charge in [-0.05, 0) is 42.0 Å². The van der Waals surface area contributed by atoms with Crippen molar-refractivity contribution in [3.8, 4) is 0 Å². The summed E-state index contributed by atoms with van der Waals surface area (Å²) in [6, 6.07) is 12.2. The zero-order valence-corrected chi connectivity index (χ0v) is 15.1. The molecule has 29 heavy (non-hydrogen) atoms. The van der Waals surface area contributed by atoms with Gasteiger partial charge < -0.3 is 21.8 Å². The van der Waals surface area contributed by atoms with Crippen LogP contribution in [-0.2, 0) is 0 Å². The molecule has 146 valence electrons. The molecular weight excluding hydrogens is 376 g/mol. The van der Waals surface area contributed by atoms with Crippen molar-refractivity contribution >= 4 is 34.9 Å². The first-order valence-electron chi connectivity index (χ1n) is 8.51. The maximum absolute atomic E-state index is 13.2. The lowest BCUT2D eigenvalue weighted by atomic mass is 10.0. The predicted molar refractivity (Wildman–Crippen MR) is 109 cm³/mol. The Balaban J connectivity index is 1.81. The first-order valence-corrected chi connectivity index (χ1v) is 8.51. The number of carbonyl (C=O) groups is 1. The van der Waals surface area contributed by atoms with E-state index < -0.39 is 17.7 Å². The smallest absolute Gasteiger partial charge is 0.323 e. The molecule has 1 aromatic heterocycles. The summed E-state index contributed by atoms with van der Waals surface area (Å²) in [7, 11) is 0. The quantitative estimate of drug-likeness (QED) is 0.481. The van der Waals surface area contributed by atoms with Gasteiger partial charge in [0.2, 0.25) is 0 Å². The Bertz CT molecular complexity index is 1060. The van der Waals surface area contributed by atoms with Gasteiger partial charge in [-0.2, -0.15) is 0 Å². The maximum Gasteiger partial charge on any atom is 0.323 e. The first kappa shape index (κ1) is 19.7. The van der Waals surface area contributed by atoms with E-state index in [0.717, 1.165) is 23.9 Å². The van der Waals surface area contributed by atoms with Crippen LogP contribution in [0.25, 0.3) is 11.3 Å². The number of nitrogens with zero attached hydrogens (tertiary/aromatic N) is 1. The predicted octanol–water partition coefficient (Wildman–Crippen LogP) is 4.48. The van der Waals surface area contributed by atoms with E-state index in [0.29, 0.717) is 28.6 Å². The molecule has 0 radical (unpaired) electrons. The van der Waals surface area contributed by atoms with Crippen LogP contribution in [0.4, 0.5) is 25.0 Å². The second kappa shape index (κ2) is 8.75. The summed E-state index contributed by atoms with van der Waals surface area (Å²) in [5, 5.41) is 12.6. The molecule has 0 aliphatic carbocycles. The third-order valence-electron chi connectivity index (χ3n) is 3.98. The molecule has 0 bridgehead atoms. The summed E-state index contributed by atoms with van der Waals surface area (Å²) >= 11 is 0. The average molecular weight is 393 g/mol. The average Bonchev–Trinajstić information content (AvgIpc) is 2.68. The normalized spacial score (nSPS) is 11.4. The van der Waals surface area contributed by atoms with E-state index in [9.17, 15) is 13.6 Å². The zero-order valence-electron chi connectivity index (χ0n) is 15.1. The second-order valence-corrected chi connectivity index (χ2v) is 6.03. The molecule has 3 rings (SSSR count). The van der Waals surface area contributed by atoms with Gasteiger partial charge in [0.15, 0.2) is 0 Å². The van der Waals surface area contributed by atoms with Crippen LogP contribution >= 0.6 is 0 Å². The molecule has 2 aromatic carbocycles. The Morgan fingerprint density at radius 2 is 1.59 bits per heavy atom. The molecule has 6 nitrogen and oxygen atoms in total. The summed E-state index contributed by atoms with van der Waals surface area (Å²) in [6.07, 6.45) is 4.35. The third kappa shape index (κ3) is 5.01. The third-order valence-corrected chi connectivity index (χ3v) is 3.98. The van der Waals surface area contributed by atoms with Crippen LogP contribution in [0, 0.1) is 17.0 Å². The van der Waals surface area contributed by atoms with E-state index >= 15 is 0 Å². The van der Waals surface area contributed by atoms with Crippen LogP contribution in [-0.4, -0.2) is 17.2 Å². The van der Waals surface area contributed by atoms with Crippen molar-refractivity contribution in [2.45, 2.75) is 0 Å². The van der Waals surface area contributed by atoms with E-state index in [1.54, 1.807) is 48.8 Å². The van der Waals surface area contributed by atoms with Crippen molar-refractivity contribution in [2.24, 2.45) is 5.73 Å². The zero-order chi connectivity index (χ0) is 20.8. The Kier molecular flexibility index (Phi) is 5.94. The topological polar surface area (TPSA) is 104 Å². The van der Waals surface area contributed by atoms with Crippen molar-refractivity contribution < 1.29 is 13.6 Å². The van der Waals surface area contributed by atoms with Crippen LogP contribution in [0.3, 0.4) is 0 Å². The number of urea groups is 1. The van der Waals surface area contributed by atoms with Crippen molar-refractivity contribution in [2.75, 3.05) is 10.6 Å². The maximum atomic E-state index is 13.2. The first-order chi connectivity index (χ1) is 14.0. The number of nitrogens with one attached hydrogen (secondary N) is 3. The van der Waals surface area contributed by atoms with Gasteiger partial charge >= 0.3 is 6.03 Å². The van der Waals surface area contributed by atoms with Crippen LogP contribution in [0.1, 0.15) is 11.1 Å². The number of halogens is 2. The minimum Gasteiger partial charge on any atom is -0.398 e. The summed E-state index contributed by atoms with van der Waals surface area (Å²) in [6.45, 7) is 0. The molecule has 0 unspecified atom stereocenters. The molecule has 1 heterocycles. The summed E-state index contributed by atoms with van der Waals surface area (Å²) in [5.74, 6) is -1.59. The van der Waals surface area contributed by atoms with Crippen molar-refractivity contribution in [3.63, 3.8) is 0 Å². The molecule has 5 N–H and O–H groups in total. The van der Waals surface area contributed by atoms with E-state index in [1.165, 1.54) is 0 Å². The number of hydrogen-bond donors (Lipinski definition) is 4. The molecule has 0 saturated heterocycles. The molecule has 0 fully saturated rings. The van der Waals surface area contributed by atoms with E-state index in [4.69, 9.17) is 11.1 Å². The summed E-state index contributed by atoms with van der Waals surface area (Å²) in [5.41, 5.74) is 8.81. The lowest BCUT2D eigenvalue weighted by Crippen LogP contribution is -2.19. The minimum atomic E-state index is -0.796. The lowest BCUT2D eigenvalue weighted by molar-refractivity contribution is 0.262. The number of nitrogens with two attached hydrogens (primary N) is 1. The van der Waals surface area contributed by atoms with Gasteiger partial charge in [0.05, 0.1) is 0 Å². The van der Waals surface area contributed by atoms with Crippen molar-refractivity contribution in [1.29, 1.82) is 5.41 Å². The fraction of sp³-hybridized carbons (Fsp3) is 0. The van der Waals surface area contributed by atoms with E-state index in [-0.39, 0.29) is 5.69 Å². The number of amides is 2. The molecule has 0 atom stereocenters. The number of hydrogen-bond acceptors (Lipinski definition) is 4. The van der Waals surface area contributed by atoms with Crippen molar-refractivity contribution in [1.82, 2.24) is 4.98 Å². The molecule has 0 saturated carbocycles. The molecule has 3 aromatic rings. The fourth-order valence-electron chi connectivity index (χ4n) is 2.69. The molecule has 2 amide bonds.